The van der Waals surface area contributed by atoms with Crippen LogP contribution in [0.3, 0.4) is 0 Å². The predicted octanol–water partition coefficient (Wildman–Crippen LogP) is 3.50. The standard InChI is InChI=1S/C20H27NO4S/c1-14-7-5-6-9-18(14)26(24,25)21-20-16-12-11-15(13-16)17(20)8-3-2-4-10-19(22)23/h3,5-9,15-17,20-21H,2,4,10-13H2,1H3,(H,22,23). The maximum Gasteiger partial charge on any atom is 0.303 e. The average molecular weight is 378 g/mol. The Balaban J connectivity index is 1.70. The number of allylic oxidation sites excluding steroid dienone is 1. The summed E-state index contributed by atoms with van der Waals surface area (Å²) in [6, 6.07) is 7.00. The number of nitrogens with one attached hydrogen (secondary N) is 1. The predicted molar refractivity (Wildman–Crippen MR) is 100 cm³/mol. The fraction of sp³-hybridized carbons (Fsp3) is 0.550. The van der Waals surface area contributed by atoms with Crippen molar-refractivity contribution in [2.75, 3.05) is 0 Å². The van der Waals surface area contributed by atoms with E-state index in [1.54, 1.807) is 12.1 Å². The highest BCUT2D eigenvalue weighted by Crippen LogP contribution is 2.49. The monoisotopic (exact) mass is 377 g/mol. The summed E-state index contributed by atoms with van der Waals surface area (Å²) in [6.45, 7) is 1.81. The van der Waals surface area contributed by atoms with Gasteiger partial charge < -0.3 is 5.11 Å². The molecule has 2 bridgehead atoms. The van der Waals surface area contributed by atoms with Crippen LogP contribution < -0.4 is 4.72 Å². The molecule has 4 unspecified atom stereocenters. The van der Waals surface area contributed by atoms with E-state index in [1.807, 2.05) is 25.1 Å². The van der Waals surface area contributed by atoms with Crippen molar-refractivity contribution in [3.63, 3.8) is 0 Å². The Bertz CT molecular complexity index is 787. The lowest BCUT2D eigenvalue weighted by Crippen LogP contribution is -2.43. The van der Waals surface area contributed by atoms with E-state index in [9.17, 15) is 13.2 Å². The number of carboxylic acids is 1. The second kappa shape index (κ2) is 7.92. The molecule has 142 valence electrons. The van der Waals surface area contributed by atoms with Gasteiger partial charge in [-0.15, -0.1) is 0 Å². The molecule has 0 aliphatic heterocycles. The Labute approximate surface area is 155 Å². The number of hydrogen-bond acceptors (Lipinski definition) is 3. The smallest absolute Gasteiger partial charge is 0.303 e. The fourth-order valence-electron chi connectivity index (χ4n) is 4.51. The Morgan fingerprint density at radius 1 is 1.27 bits per heavy atom. The molecule has 6 heteroatoms. The molecule has 2 fully saturated rings. The van der Waals surface area contributed by atoms with Gasteiger partial charge in [-0.3, -0.25) is 4.79 Å². The molecular weight excluding hydrogens is 350 g/mol. The molecule has 0 amide bonds. The molecule has 1 aromatic carbocycles. The van der Waals surface area contributed by atoms with Crippen molar-refractivity contribution in [2.24, 2.45) is 17.8 Å². The van der Waals surface area contributed by atoms with Gasteiger partial charge in [-0.2, -0.15) is 0 Å². The van der Waals surface area contributed by atoms with Gasteiger partial charge >= 0.3 is 5.97 Å². The Morgan fingerprint density at radius 2 is 2.00 bits per heavy atom. The summed E-state index contributed by atoms with van der Waals surface area (Å²) < 4.78 is 28.7. The van der Waals surface area contributed by atoms with Gasteiger partial charge in [0.05, 0.1) is 4.90 Å². The molecule has 2 aliphatic rings. The normalized spacial score (nSPS) is 28.0. The maximum absolute atomic E-state index is 12.9. The second-order valence-corrected chi connectivity index (χ2v) is 9.22. The highest BCUT2D eigenvalue weighted by atomic mass is 32.2. The molecule has 0 spiro atoms. The van der Waals surface area contributed by atoms with Crippen LogP contribution in [0.5, 0.6) is 0 Å². The van der Waals surface area contributed by atoms with E-state index in [2.05, 4.69) is 10.8 Å². The van der Waals surface area contributed by atoms with Gasteiger partial charge in [0.1, 0.15) is 0 Å². The van der Waals surface area contributed by atoms with E-state index in [4.69, 9.17) is 5.11 Å². The molecular formula is C20H27NO4S. The van der Waals surface area contributed by atoms with Crippen LogP contribution in [0.25, 0.3) is 0 Å². The van der Waals surface area contributed by atoms with Crippen molar-refractivity contribution in [1.29, 1.82) is 0 Å². The third-order valence-corrected chi connectivity index (χ3v) is 7.39. The van der Waals surface area contributed by atoms with E-state index in [0.717, 1.165) is 31.2 Å². The minimum atomic E-state index is -3.54. The first-order valence-corrected chi connectivity index (χ1v) is 10.8. The number of benzene rings is 1. The van der Waals surface area contributed by atoms with Crippen LogP contribution in [-0.4, -0.2) is 25.5 Å². The van der Waals surface area contributed by atoms with Crippen LogP contribution in [-0.2, 0) is 14.8 Å². The number of carbonyl (C=O) groups is 1. The van der Waals surface area contributed by atoms with Crippen molar-refractivity contribution >= 4 is 16.0 Å². The van der Waals surface area contributed by atoms with Gasteiger partial charge in [-0.25, -0.2) is 13.1 Å². The summed E-state index contributed by atoms with van der Waals surface area (Å²) in [5.74, 6) is 0.354. The molecule has 26 heavy (non-hydrogen) atoms. The lowest BCUT2D eigenvalue weighted by Gasteiger charge is -2.30. The van der Waals surface area contributed by atoms with Crippen LogP contribution >= 0.6 is 0 Å². The quantitative estimate of drug-likeness (QED) is 0.536. The zero-order valence-electron chi connectivity index (χ0n) is 15.1. The number of unbranched alkanes of at least 4 members (excludes halogenated alkanes) is 1. The molecule has 5 nitrogen and oxygen atoms in total. The summed E-state index contributed by atoms with van der Waals surface area (Å²) in [4.78, 5) is 10.9. The third-order valence-electron chi connectivity index (χ3n) is 5.77. The lowest BCUT2D eigenvalue weighted by molar-refractivity contribution is -0.137. The molecule has 0 radical (unpaired) electrons. The minimum Gasteiger partial charge on any atom is -0.481 e. The first kappa shape index (κ1) is 19.1. The summed E-state index contributed by atoms with van der Waals surface area (Å²) in [7, 11) is -3.54. The van der Waals surface area contributed by atoms with Crippen molar-refractivity contribution in [3.8, 4) is 0 Å². The number of carboxylic acid groups (broad SMARTS) is 1. The number of rotatable bonds is 8. The number of hydrogen-bond donors (Lipinski definition) is 2. The van der Waals surface area contributed by atoms with Gasteiger partial charge in [0.15, 0.2) is 0 Å². The third kappa shape index (κ3) is 4.18. The van der Waals surface area contributed by atoms with Gasteiger partial charge in [-0.1, -0.05) is 30.4 Å². The van der Waals surface area contributed by atoms with Crippen LogP contribution in [0.2, 0.25) is 0 Å². The number of sulfonamides is 1. The number of aryl methyl sites for hydroxylation is 1. The maximum atomic E-state index is 12.9. The molecule has 0 heterocycles. The van der Waals surface area contributed by atoms with E-state index in [0.29, 0.717) is 23.2 Å². The summed E-state index contributed by atoms with van der Waals surface area (Å²) in [5, 5.41) is 8.71. The zero-order valence-corrected chi connectivity index (χ0v) is 15.9. The highest BCUT2D eigenvalue weighted by Gasteiger charge is 2.47. The van der Waals surface area contributed by atoms with Gasteiger partial charge in [0.2, 0.25) is 10.0 Å². The van der Waals surface area contributed by atoms with Gasteiger partial charge in [0.25, 0.3) is 0 Å². The van der Waals surface area contributed by atoms with Crippen molar-refractivity contribution in [2.45, 2.75) is 56.4 Å². The minimum absolute atomic E-state index is 0.0610. The van der Waals surface area contributed by atoms with Gasteiger partial charge in [-0.05, 0) is 68.4 Å². The van der Waals surface area contributed by atoms with Crippen LogP contribution in [0.4, 0.5) is 0 Å². The first-order chi connectivity index (χ1) is 12.4. The molecule has 3 rings (SSSR count). The van der Waals surface area contributed by atoms with E-state index in [1.165, 1.54) is 0 Å². The topological polar surface area (TPSA) is 83.5 Å². The summed E-state index contributed by atoms with van der Waals surface area (Å²) in [6.07, 6.45) is 8.96. The van der Waals surface area contributed by atoms with E-state index < -0.39 is 16.0 Å². The Hall–Kier alpha value is -1.66. The SMILES string of the molecule is Cc1ccccc1S(=O)(=O)NC1C2CCC(C2)C1C=CCCCC(=O)O. The molecule has 0 saturated heterocycles. The molecule has 1 aromatic rings. The van der Waals surface area contributed by atoms with Crippen LogP contribution in [0, 0.1) is 24.7 Å². The Kier molecular flexibility index (Phi) is 5.82. The fourth-order valence-corrected chi connectivity index (χ4v) is 6.10. The number of aliphatic carboxylic acids is 1. The molecule has 2 saturated carbocycles. The van der Waals surface area contributed by atoms with E-state index >= 15 is 0 Å². The Morgan fingerprint density at radius 3 is 2.73 bits per heavy atom. The molecule has 0 aromatic heterocycles. The first-order valence-electron chi connectivity index (χ1n) is 9.35. The van der Waals surface area contributed by atoms with Crippen LogP contribution in [0.15, 0.2) is 41.3 Å². The van der Waals surface area contributed by atoms with Crippen molar-refractivity contribution in [3.05, 3.63) is 42.0 Å². The highest BCUT2D eigenvalue weighted by molar-refractivity contribution is 7.89. The number of fused-ring (bicyclic) bond motifs is 2. The molecule has 4 atom stereocenters. The molecule has 2 N–H and O–H groups in total. The van der Waals surface area contributed by atoms with Crippen LogP contribution in [0.1, 0.15) is 44.1 Å². The average Bonchev–Trinajstić information content (AvgIpc) is 3.16. The zero-order chi connectivity index (χ0) is 18.7. The van der Waals surface area contributed by atoms with Gasteiger partial charge in [0, 0.05) is 12.5 Å². The van der Waals surface area contributed by atoms with E-state index in [-0.39, 0.29) is 18.4 Å². The van der Waals surface area contributed by atoms with Crippen molar-refractivity contribution in [1.82, 2.24) is 4.72 Å². The summed E-state index contributed by atoms with van der Waals surface area (Å²) in [5.41, 5.74) is 0.754. The van der Waals surface area contributed by atoms with Crippen molar-refractivity contribution < 1.29 is 18.3 Å². The molecule has 2 aliphatic carbocycles. The lowest BCUT2D eigenvalue weighted by atomic mass is 9.84. The second-order valence-electron chi connectivity index (χ2n) is 7.54. The summed E-state index contributed by atoms with van der Waals surface area (Å²) >= 11 is 0. The largest absolute Gasteiger partial charge is 0.481 e.